The lowest BCUT2D eigenvalue weighted by Crippen LogP contribution is -1.98. The van der Waals surface area contributed by atoms with Crippen LogP contribution in [0.25, 0.3) is 0 Å². The van der Waals surface area contributed by atoms with E-state index in [1.165, 1.54) is 18.2 Å². The maximum Gasteiger partial charge on any atom is 0.336 e. The second-order valence-corrected chi connectivity index (χ2v) is 5.63. The molecule has 0 atom stereocenters. The molecule has 0 aliphatic rings. The van der Waals surface area contributed by atoms with E-state index in [4.69, 9.17) is 10.4 Å². The van der Waals surface area contributed by atoms with Gasteiger partial charge in [0.2, 0.25) is 0 Å². The zero-order valence-electron chi connectivity index (χ0n) is 9.93. The molecule has 0 fully saturated rings. The van der Waals surface area contributed by atoms with E-state index >= 15 is 0 Å². The molecule has 0 unspecified atom stereocenters. The topological polar surface area (TPSA) is 61.1 Å². The molecule has 2 rings (SSSR count). The van der Waals surface area contributed by atoms with Crippen molar-refractivity contribution >= 4 is 33.7 Å². The average Bonchev–Trinajstić information content (AvgIpc) is 2.44. The van der Waals surface area contributed by atoms with Crippen LogP contribution in [-0.2, 0) is 0 Å². The standard InChI is InChI=1S/C14H7BrFNO2S/c15-12-8(7-17)5-6-11(13(12)16)20-10-4-2-1-3-9(10)14(18)19/h1-6H,(H,18,19). The van der Waals surface area contributed by atoms with Gasteiger partial charge in [0.25, 0.3) is 0 Å². The highest BCUT2D eigenvalue weighted by atomic mass is 79.9. The van der Waals surface area contributed by atoms with Gasteiger partial charge in [0.1, 0.15) is 6.07 Å². The van der Waals surface area contributed by atoms with Crippen LogP contribution in [0.15, 0.2) is 50.7 Å². The minimum Gasteiger partial charge on any atom is -0.478 e. The Hall–Kier alpha value is -1.84. The Labute approximate surface area is 127 Å². The highest BCUT2D eigenvalue weighted by Crippen LogP contribution is 2.35. The van der Waals surface area contributed by atoms with E-state index in [1.54, 1.807) is 18.2 Å². The number of hydrogen-bond acceptors (Lipinski definition) is 3. The predicted octanol–water partition coefficient (Wildman–Crippen LogP) is 4.31. The van der Waals surface area contributed by atoms with E-state index in [1.807, 2.05) is 6.07 Å². The highest BCUT2D eigenvalue weighted by Gasteiger charge is 2.15. The van der Waals surface area contributed by atoms with Crippen molar-refractivity contribution < 1.29 is 14.3 Å². The van der Waals surface area contributed by atoms with E-state index in [2.05, 4.69) is 15.9 Å². The molecule has 100 valence electrons. The lowest BCUT2D eigenvalue weighted by atomic mass is 10.2. The number of hydrogen-bond donors (Lipinski definition) is 1. The van der Waals surface area contributed by atoms with Crippen molar-refractivity contribution in [1.29, 1.82) is 5.26 Å². The molecule has 6 heteroatoms. The second-order valence-electron chi connectivity index (χ2n) is 3.75. The molecule has 0 aromatic heterocycles. The molecule has 2 aromatic rings. The molecule has 0 radical (unpaired) electrons. The van der Waals surface area contributed by atoms with Crippen LogP contribution in [0.1, 0.15) is 15.9 Å². The Kier molecular flexibility index (Phi) is 4.42. The summed E-state index contributed by atoms with van der Waals surface area (Å²) in [5.41, 5.74) is 0.302. The van der Waals surface area contributed by atoms with Gasteiger partial charge >= 0.3 is 5.97 Å². The molecule has 0 bridgehead atoms. The third-order valence-electron chi connectivity index (χ3n) is 2.50. The molecule has 3 nitrogen and oxygen atoms in total. The van der Waals surface area contributed by atoms with Gasteiger partial charge < -0.3 is 5.11 Å². The maximum absolute atomic E-state index is 14.1. The number of nitriles is 1. The van der Waals surface area contributed by atoms with E-state index in [0.29, 0.717) is 4.90 Å². The fraction of sp³-hybridized carbons (Fsp3) is 0. The van der Waals surface area contributed by atoms with Crippen molar-refractivity contribution in [3.63, 3.8) is 0 Å². The average molecular weight is 352 g/mol. The smallest absolute Gasteiger partial charge is 0.336 e. The molecule has 0 heterocycles. The normalized spacial score (nSPS) is 10.1. The van der Waals surface area contributed by atoms with Crippen molar-refractivity contribution in [1.82, 2.24) is 0 Å². The van der Waals surface area contributed by atoms with Crippen LogP contribution in [0.3, 0.4) is 0 Å². The van der Waals surface area contributed by atoms with Crippen LogP contribution in [-0.4, -0.2) is 11.1 Å². The molecule has 0 amide bonds. The van der Waals surface area contributed by atoms with Crippen LogP contribution in [0.5, 0.6) is 0 Å². The van der Waals surface area contributed by atoms with Crippen LogP contribution in [0.4, 0.5) is 4.39 Å². The Morgan fingerprint density at radius 1 is 1.25 bits per heavy atom. The first-order chi connectivity index (χ1) is 9.54. The number of carboxylic acid groups (broad SMARTS) is 1. The SMILES string of the molecule is N#Cc1ccc(Sc2ccccc2C(=O)O)c(F)c1Br. The van der Waals surface area contributed by atoms with Gasteiger partial charge in [-0.05, 0) is 40.2 Å². The number of aromatic carboxylic acids is 1. The van der Waals surface area contributed by atoms with Gasteiger partial charge in [0.15, 0.2) is 5.82 Å². The summed E-state index contributed by atoms with van der Waals surface area (Å²) in [6.45, 7) is 0. The number of benzene rings is 2. The molecule has 2 aromatic carbocycles. The molecule has 0 saturated heterocycles. The largest absolute Gasteiger partial charge is 0.478 e. The minimum atomic E-state index is -1.07. The molecule has 20 heavy (non-hydrogen) atoms. The Morgan fingerprint density at radius 3 is 2.60 bits per heavy atom. The van der Waals surface area contributed by atoms with Gasteiger partial charge in [-0.1, -0.05) is 23.9 Å². The summed E-state index contributed by atoms with van der Waals surface area (Å²) in [6, 6.07) is 11.2. The summed E-state index contributed by atoms with van der Waals surface area (Å²) in [7, 11) is 0. The fourth-order valence-corrected chi connectivity index (χ4v) is 3.09. The summed E-state index contributed by atoms with van der Waals surface area (Å²) in [5.74, 6) is -1.64. The van der Waals surface area contributed by atoms with Crippen LogP contribution < -0.4 is 0 Å². The zero-order chi connectivity index (χ0) is 14.7. The number of rotatable bonds is 3. The van der Waals surface area contributed by atoms with Crippen molar-refractivity contribution in [2.45, 2.75) is 9.79 Å². The fourth-order valence-electron chi connectivity index (χ4n) is 1.55. The third kappa shape index (κ3) is 2.84. The summed E-state index contributed by atoms with van der Waals surface area (Å²) < 4.78 is 14.2. The van der Waals surface area contributed by atoms with E-state index in [-0.39, 0.29) is 20.5 Å². The first kappa shape index (κ1) is 14.6. The highest BCUT2D eigenvalue weighted by molar-refractivity contribution is 9.10. The lowest BCUT2D eigenvalue weighted by molar-refractivity contribution is 0.0693. The van der Waals surface area contributed by atoms with Crippen LogP contribution in [0, 0.1) is 17.1 Å². The van der Waals surface area contributed by atoms with E-state index in [0.717, 1.165) is 11.8 Å². The molecular weight excluding hydrogens is 345 g/mol. The van der Waals surface area contributed by atoms with Gasteiger partial charge in [0, 0.05) is 9.79 Å². The first-order valence-electron chi connectivity index (χ1n) is 5.43. The predicted molar refractivity (Wildman–Crippen MR) is 76.3 cm³/mol. The maximum atomic E-state index is 14.1. The van der Waals surface area contributed by atoms with Gasteiger partial charge in [-0.2, -0.15) is 5.26 Å². The lowest BCUT2D eigenvalue weighted by Gasteiger charge is -2.08. The number of nitrogens with zero attached hydrogens (tertiary/aromatic N) is 1. The summed E-state index contributed by atoms with van der Waals surface area (Å²) >= 11 is 4.03. The van der Waals surface area contributed by atoms with Gasteiger partial charge in [0.05, 0.1) is 15.6 Å². The molecular formula is C14H7BrFNO2S. The number of carboxylic acids is 1. The number of halogens is 2. The Morgan fingerprint density at radius 2 is 1.95 bits per heavy atom. The first-order valence-corrected chi connectivity index (χ1v) is 7.04. The zero-order valence-corrected chi connectivity index (χ0v) is 12.3. The second kappa shape index (κ2) is 6.07. The molecule has 0 saturated carbocycles. The molecule has 0 aliphatic heterocycles. The van der Waals surface area contributed by atoms with Crippen molar-refractivity contribution in [3.8, 4) is 6.07 Å². The van der Waals surface area contributed by atoms with Gasteiger partial charge in [-0.3, -0.25) is 0 Å². The van der Waals surface area contributed by atoms with E-state index < -0.39 is 11.8 Å². The van der Waals surface area contributed by atoms with Gasteiger partial charge in [-0.15, -0.1) is 0 Å². The molecule has 1 N–H and O–H groups in total. The Bertz CT molecular complexity index is 728. The Balaban J connectivity index is 2.44. The van der Waals surface area contributed by atoms with Crippen molar-refractivity contribution in [3.05, 3.63) is 57.8 Å². The van der Waals surface area contributed by atoms with Crippen LogP contribution in [0.2, 0.25) is 0 Å². The monoisotopic (exact) mass is 351 g/mol. The van der Waals surface area contributed by atoms with Gasteiger partial charge in [-0.25, -0.2) is 9.18 Å². The van der Waals surface area contributed by atoms with Crippen molar-refractivity contribution in [2.75, 3.05) is 0 Å². The number of carbonyl (C=O) groups is 1. The molecule has 0 aliphatic carbocycles. The summed E-state index contributed by atoms with van der Waals surface area (Å²) in [5, 5.41) is 17.9. The van der Waals surface area contributed by atoms with Crippen LogP contribution >= 0.6 is 27.7 Å². The van der Waals surface area contributed by atoms with E-state index in [9.17, 15) is 9.18 Å². The summed E-state index contributed by atoms with van der Waals surface area (Å²) in [4.78, 5) is 11.8. The van der Waals surface area contributed by atoms with Crippen molar-refractivity contribution in [2.24, 2.45) is 0 Å². The molecule has 0 spiro atoms. The summed E-state index contributed by atoms with van der Waals surface area (Å²) in [6.07, 6.45) is 0. The third-order valence-corrected chi connectivity index (χ3v) is 4.39. The quantitative estimate of drug-likeness (QED) is 0.894. The minimum absolute atomic E-state index is 0.0813.